The van der Waals surface area contributed by atoms with E-state index < -0.39 is 0 Å². The molecule has 0 aromatic heterocycles. The van der Waals surface area contributed by atoms with Crippen molar-refractivity contribution < 1.29 is 0 Å². The third kappa shape index (κ3) is 1.28. The van der Waals surface area contributed by atoms with Gasteiger partial charge in [0.05, 0.1) is 0 Å². The van der Waals surface area contributed by atoms with Gasteiger partial charge in [-0.2, -0.15) is 0 Å². The highest BCUT2D eigenvalue weighted by atomic mass is 14.6. The average molecular weight is 174 g/mol. The van der Waals surface area contributed by atoms with Crippen molar-refractivity contribution in [2.24, 2.45) is 11.7 Å². The molecule has 1 aliphatic rings. The lowest BCUT2D eigenvalue weighted by Gasteiger charge is -2.20. The van der Waals surface area contributed by atoms with Crippen molar-refractivity contribution in [3.8, 4) is 0 Å². The molecule has 0 heterocycles. The van der Waals surface area contributed by atoms with E-state index in [1.165, 1.54) is 5.56 Å². The third-order valence-corrected chi connectivity index (χ3v) is 2.51. The zero-order valence-electron chi connectivity index (χ0n) is 7.75. The molecular formula is C11H14N2. The van der Waals surface area contributed by atoms with Crippen molar-refractivity contribution in [2.75, 3.05) is 5.73 Å². The summed E-state index contributed by atoms with van der Waals surface area (Å²) in [4.78, 5) is 0. The summed E-state index contributed by atoms with van der Waals surface area (Å²) in [5.74, 6) is 0.497. The molecule has 0 aliphatic heterocycles. The van der Waals surface area contributed by atoms with E-state index in [9.17, 15) is 0 Å². The summed E-state index contributed by atoms with van der Waals surface area (Å²) >= 11 is 0. The number of nitrogen functional groups attached to an aromatic ring is 1. The van der Waals surface area contributed by atoms with Crippen LogP contribution in [0.5, 0.6) is 0 Å². The zero-order valence-corrected chi connectivity index (χ0v) is 7.75. The van der Waals surface area contributed by atoms with E-state index in [-0.39, 0.29) is 0 Å². The SMILES string of the molecule is CC1C=C(N)c2cccc(N)c2C1. The molecule has 1 aromatic carbocycles. The van der Waals surface area contributed by atoms with E-state index in [1.807, 2.05) is 18.2 Å². The molecule has 1 atom stereocenters. The van der Waals surface area contributed by atoms with Crippen molar-refractivity contribution in [3.05, 3.63) is 35.4 Å². The van der Waals surface area contributed by atoms with E-state index in [2.05, 4.69) is 13.0 Å². The largest absolute Gasteiger partial charge is 0.398 e. The normalized spacial score (nSPS) is 20.7. The molecule has 0 spiro atoms. The molecule has 2 heteroatoms. The van der Waals surface area contributed by atoms with Gasteiger partial charge >= 0.3 is 0 Å². The maximum Gasteiger partial charge on any atom is 0.0353 e. The molecule has 1 aliphatic carbocycles. The Morgan fingerprint density at radius 1 is 1.31 bits per heavy atom. The Morgan fingerprint density at radius 3 is 2.85 bits per heavy atom. The minimum absolute atomic E-state index is 0.497. The number of hydrogen-bond acceptors (Lipinski definition) is 2. The molecule has 2 nitrogen and oxygen atoms in total. The Labute approximate surface area is 78.2 Å². The van der Waals surface area contributed by atoms with Crippen molar-refractivity contribution in [2.45, 2.75) is 13.3 Å². The van der Waals surface area contributed by atoms with Crippen LogP contribution in [0.15, 0.2) is 24.3 Å². The Bertz CT molecular complexity index is 366. The van der Waals surface area contributed by atoms with Gasteiger partial charge in [-0.05, 0) is 24.0 Å². The van der Waals surface area contributed by atoms with E-state index in [0.717, 1.165) is 23.4 Å². The fourth-order valence-electron chi connectivity index (χ4n) is 1.88. The lowest BCUT2D eigenvalue weighted by molar-refractivity contribution is 0.713. The number of rotatable bonds is 0. The number of anilines is 1. The molecule has 0 saturated heterocycles. The zero-order chi connectivity index (χ0) is 9.42. The highest BCUT2D eigenvalue weighted by Crippen LogP contribution is 2.29. The Kier molecular flexibility index (Phi) is 1.76. The van der Waals surface area contributed by atoms with Crippen molar-refractivity contribution >= 4 is 11.4 Å². The van der Waals surface area contributed by atoms with Crippen LogP contribution in [0, 0.1) is 5.92 Å². The number of fused-ring (bicyclic) bond motifs is 1. The second kappa shape index (κ2) is 2.80. The van der Waals surface area contributed by atoms with Gasteiger partial charge in [-0.25, -0.2) is 0 Å². The molecule has 1 aromatic rings. The Morgan fingerprint density at radius 2 is 2.08 bits per heavy atom. The van der Waals surface area contributed by atoms with E-state index in [4.69, 9.17) is 11.5 Å². The van der Waals surface area contributed by atoms with E-state index >= 15 is 0 Å². The van der Waals surface area contributed by atoms with E-state index in [1.54, 1.807) is 0 Å². The minimum Gasteiger partial charge on any atom is -0.398 e. The second-order valence-electron chi connectivity index (χ2n) is 3.68. The highest BCUT2D eigenvalue weighted by Gasteiger charge is 2.16. The summed E-state index contributed by atoms with van der Waals surface area (Å²) in [5.41, 5.74) is 15.8. The van der Waals surface area contributed by atoms with Crippen molar-refractivity contribution in [1.82, 2.24) is 0 Å². The van der Waals surface area contributed by atoms with Gasteiger partial charge in [-0.1, -0.05) is 25.1 Å². The van der Waals surface area contributed by atoms with Crippen LogP contribution in [0.1, 0.15) is 18.1 Å². The molecule has 0 bridgehead atoms. The first-order valence-electron chi connectivity index (χ1n) is 4.53. The predicted octanol–water partition coefficient (Wildman–Crippen LogP) is 1.76. The van der Waals surface area contributed by atoms with Gasteiger partial charge in [-0.15, -0.1) is 0 Å². The quantitative estimate of drug-likeness (QED) is 0.589. The molecule has 2 rings (SSSR count). The Hall–Kier alpha value is -1.44. The molecule has 0 saturated carbocycles. The molecule has 1 unspecified atom stereocenters. The molecule has 0 radical (unpaired) electrons. The van der Waals surface area contributed by atoms with Crippen LogP contribution in [0.4, 0.5) is 5.69 Å². The molecule has 13 heavy (non-hydrogen) atoms. The summed E-state index contributed by atoms with van der Waals surface area (Å²) in [7, 11) is 0. The number of hydrogen-bond donors (Lipinski definition) is 2. The number of allylic oxidation sites excluding steroid dienone is 1. The van der Waals surface area contributed by atoms with Crippen molar-refractivity contribution in [3.63, 3.8) is 0 Å². The molecule has 0 amide bonds. The molecule has 68 valence electrons. The van der Waals surface area contributed by atoms with Crippen LogP contribution in [0.2, 0.25) is 0 Å². The first-order chi connectivity index (χ1) is 6.18. The number of nitrogens with two attached hydrogens (primary N) is 2. The van der Waals surface area contributed by atoms with Gasteiger partial charge in [0.15, 0.2) is 0 Å². The topological polar surface area (TPSA) is 52.0 Å². The summed E-state index contributed by atoms with van der Waals surface area (Å²) in [6, 6.07) is 5.92. The van der Waals surface area contributed by atoms with Gasteiger partial charge in [0.25, 0.3) is 0 Å². The van der Waals surface area contributed by atoms with Gasteiger partial charge in [0.1, 0.15) is 0 Å². The standard InChI is InChI=1S/C11H14N2/c1-7-5-9-8(11(13)6-7)3-2-4-10(9)12/h2-4,6-7H,5,12-13H2,1H3. The monoisotopic (exact) mass is 174 g/mol. The molecule has 4 N–H and O–H groups in total. The summed E-state index contributed by atoms with van der Waals surface area (Å²) in [5, 5.41) is 0. The Balaban J connectivity index is 2.59. The van der Waals surface area contributed by atoms with E-state index in [0.29, 0.717) is 5.92 Å². The summed E-state index contributed by atoms with van der Waals surface area (Å²) in [6.07, 6.45) is 3.10. The minimum atomic E-state index is 0.497. The maximum absolute atomic E-state index is 5.91. The molecule has 0 fully saturated rings. The third-order valence-electron chi connectivity index (χ3n) is 2.51. The lowest BCUT2D eigenvalue weighted by atomic mass is 9.88. The fourth-order valence-corrected chi connectivity index (χ4v) is 1.88. The second-order valence-corrected chi connectivity index (χ2v) is 3.68. The van der Waals surface area contributed by atoms with Crippen LogP contribution >= 0.6 is 0 Å². The summed E-state index contributed by atoms with van der Waals surface area (Å²) < 4.78 is 0. The van der Waals surface area contributed by atoms with Gasteiger partial charge in [0.2, 0.25) is 0 Å². The summed E-state index contributed by atoms with van der Waals surface area (Å²) in [6.45, 7) is 2.15. The van der Waals surface area contributed by atoms with Crippen LogP contribution in [-0.4, -0.2) is 0 Å². The number of benzene rings is 1. The maximum atomic E-state index is 5.91. The lowest BCUT2D eigenvalue weighted by Crippen LogP contribution is -2.13. The van der Waals surface area contributed by atoms with Crippen LogP contribution < -0.4 is 11.5 Å². The van der Waals surface area contributed by atoms with Gasteiger partial charge in [-0.3, -0.25) is 0 Å². The van der Waals surface area contributed by atoms with Crippen LogP contribution in [0.3, 0.4) is 0 Å². The average Bonchev–Trinajstić information content (AvgIpc) is 2.07. The van der Waals surface area contributed by atoms with Gasteiger partial charge in [0, 0.05) is 16.9 Å². The van der Waals surface area contributed by atoms with Crippen molar-refractivity contribution in [1.29, 1.82) is 0 Å². The van der Waals surface area contributed by atoms with Gasteiger partial charge < -0.3 is 11.5 Å². The van der Waals surface area contributed by atoms with Crippen LogP contribution in [-0.2, 0) is 6.42 Å². The fraction of sp³-hybridized carbons (Fsp3) is 0.273. The highest BCUT2D eigenvalue weighted by molar-refractivity contribution is 5.72. The smallest absolute Gasteiger partial charge is 0.0353 e. The predicted molar refractivity (Wildman–Crippen MR) is 55.9 cm³/mol. The first-order valence-corrected chi connectivity index (χ1v) is 4.53. The first kappa shape index (κ1) is 8.17. The molecular weight excluding hydrogens is 160 g/mol. The van der Waals surface area contributed by atoms with Crippen LogP contribution in [0.25, 0.3) is 5.70 Å².